The fourth-order valence-corrected chi connectivity index (χ4v) is 0.391. The van der Waals surface area contributed by atoms with Gasteiger partial charge in [0.25, 0.3) is 0 Å². The minimum atomic E-state index is -1.44. The maximum absolute atomic E-state index is 9.86. The van der Waals surface area contributed by atoms with Gasteiger partial charge in [0.15, 0.2) is 0 Å². The SMILES string of the molecule is N[C@@H](CCC(=O)[O-])C(=O)[O-].O.O.[Ca+2]. The van der Waals surface area contributed by atoms with E-state index in [1.54, 1.807) is 0 Å². The second kappa shape index (κ2) is 12.1. The first-order valence-corrected chi connectivity index (χ1v) is 2.70. The van der Waals surface area contributed by atoms with Crippen molar-refractivity contribution >= 4 is 49.7 Å². The summed E-state index contributed by atoms with van der Waals surface area (Å²) in [7, 11) is 0. The van der Waals surface area contributed by atoms with Crippen LogP contribution in [0.3, 0.4) is 0 Å². The molecule has 7 nitrogen and oxygen atoms in total. The zero-order valence-corrected chi connectivity index (χ0v) is 9.12. The van der Waals surface area contributed by atoms with Crippen molar-refractivity contribution < 1.29 is 30.8 Å². The van der Waals surface area contributed by atoms with E-state index >= 15 is 0 Å². The van der Waals surface area contributed by atoms with Gasteiger partial charge in [0.2, 0.25) is 0 Å². The average molecular weight is 221 g/mol. The van der Waals surface area contributed by atoms with Crippen LogP contribution in [0, 0.1) is 0 Å². The van der Waals surface area contributed by atoms with E-state index in [-0.39, 0.29) is 61.5 Å². The van der Waals surface area contributed by atoms with Crippen LogP contribution in [0.1, 0.15) is 12.8 Å². The fraction of sp³-hybridized carbons (Fsp3) is 0.600. The molecule has 0 aliphatic carbocycles. The number of carbonyl (C=O) groups is 2. The summed E-state index contributed by atoms with van der Waals surface area (Å²) in [6.07, 6.45) is -0.500. The molecule has 0 aromatic carbocycles. The van der Waals surface area contributed by atoms with E-state index in [1.807, 2.05) is 0 Å². The van der Waals surface area contributed by atoms with Gasteiger partial charge in [0.1, 0.15) is 0 Å². The van der Waals surface area contributed by atoms with Crippen LogP contribution < -0.4 is 15.9 Å². The number of nitrogens with two attached hydrogens (primary N) is 1. The van der Waals surface area contributed by atoms with Crippen LogP contribution in [0.4, 0.5) is 0 Å². The molecule has 0 rings (SSSR count). The molecule has 0 amide bonds. The van der Waals surface area contributed by atoms with Crippen LogP contribution >= 0.6 is 0 Å². The third-order valence-electron chi connectivity index (χ3n) is 0.962. The molecule has 0 bridgehead atoms. The molecule has 0 radical (unpaired) electrons. The second-order valence-corrected chi connectivity index (χ2v) is 1.84. The standard InChI is InChI=1S/C5H9NO4.Ca.2H2O/c6-3(5(9)10)1-2-4(7)8;;;/h3H,1-2,6H2,(H,7,8)(H,9,10);;2*1H2/q;+2;;/p-2/t3-;;;/m0.../s1. The number of carboxylic acids is 2. The van der Waals surface area contributed by atoms with Crippen LogP contribution in [0.15, 0.2) is 0 Å². The molecule has 0 aliphatic heterocycles. The van der Waals surface area contributed by atoms with Gasteiger partial charge < -0.3 is 36.5 Å². The van der Waals surface area contributed by atoms with Crippen molar-refractivity contribution in [1.82, 2.24) is 0 Å². The van der Waals surface area contributed by atoms with Crippen molar-refractivity contribution in [2.75, 3.05) is 0 Å². The van der Waals surface area contributed by atoms with E-state index in [9.17, 15) is 19.8 Å². The molecule has 13 heavy (non-hydrogen) atoms. The quantitative estimate of drug-likeness (QED) is 0.466. The summed E-state index contributed by atoms with van der Waals surface area (Å²) >= 11 is 0. The topological polar surface area (TPSA) is 169 Å². The Hall–Kier alpha value is 0.0797. The molecule has 1 atom stereocenters. The van der Waals surface area contributed by atoms with Gasteiger partial charge in [-0.05, 0) is 12.8 Å². The molecule has 0 unspecified atom stereocenters. The third-order valence-corrected chi connectivity index (χ3v) is 0.962. The van der Waals surface area contributed by atoms with Crippen LogP contribution in [0.5, 0.6) is 0 Å². The first-order chi connectivity index (χ1) is 4.54. The first-order valence-electron chi connectivity index (χ1n) is 2.70. The molecule has 0 aromatic rings. The molecule has 0 aromatic heterocycles. The van der Waals surface area contributed by atoms with Crippen LogP contribution in [0.2, 0.25) is 0 Å². The molecule has 0 aliphatic rings. The van der Waals surface area contributed by atoms with Crippen LogP contribution in [0.25, 0.3) is 0 Å². The number of hydrogen-bond acceptors (Lipinski definition) is 5. The van der Waals surface area contributed by atoms with E-state index in [0.717, 1.165) is 0 Å². The molecular weight excluding hydrogens is 210 g/mol. The van der Waals surface area contributed by atoms with Crippen molar-refractivity contribution in [2.24, 2.45) is 5.73 Å². The van der Waals surface area contributed by atoms with Crippen molar-refractivity contribution in [3.63, 3.8) is 0 Å². The zero-order chi connectivity index (χ0) is 8.15. The minimum absolute atomic E-state index is 0. The van der Waals surface area contributed by atoms with E-state index in [1.165, 1.54) is 0 Å². The molecule has 0 spiro atoms. The molecule has 8 heteroatoms. The Kier molecular flexibility index (Phi) is 21.5. The number of hydrogen-bond donors (Lipinski definition) is 1. The van der Waals surface area contributed by atoms with E-state index in [0.29, 0.717) is 0 Å². The Bertz CT molecular complexity index is 152. The summed E-state index contributed by atoms with van der Waals surface area (Å²) in [6.45, 7) is 0. The van der Waals surface area contributed by atoms with Gasteiger partial charge in [-0.2, -0.15) is 0 Å². The van der Waals surface area contributed by atoms with Gasteiger partial charge in [-0.25, -0.2) is 0 Å². The summed E-state index contributed by atoms with van der Waals surface area (Å²) < 4.78 is 0. The zero-order valence-electron chi connectivity index (χ0n) is 6.91. The van der Waals surface area contributed by atoms with E-state index in [4.69, 9.17) is 5.73 Å². The fourth-order valence-electron chi connectivity index (χ4n) is 0.391. The summed E-state index contributed by atoms with van der Waals surface area (Å²) in [5.74, 6) is -2.75. The van der Waals surface area contributed by atoms with E-state index < -0.39 is 18.0 Å². The van der Waals surface area contributed by atoms with Crippen molar-refractivity contribution in [3.05, 3.63) is 0 Å². The van der Waals surface area contributed by atoms with Gasteiger partial charge >= 0.3 is 37.7 Å². The summed E-state index contributed by atoms with van der Waals surface area (Å²) in [5.41, 5.74) is 4.91. The first kappa shape index (κ1) is 23.2. The maximum atomic E-state index is 9.86. The van der Waals surface area contributed by atoms with Crippen molar-refractivity contribution in [1.29, 1.82) is 0 Å². The average Bonchev–Trinajstić information content (AvgIpc) is 1.82. The largest absolute Gasteiger partial charge is 2.00 e. The molecule has 0 heterocycles. The third kappa shape index (κ3) is 14.9. The number of rotatable bonds is 4. The summed E-state index contributed by atoms with van der Waals surface area (Å²) in [6, 6.07) is -1.21. The van der Waals surface area contributed by atoms with Gasteiger partial charge in [-0.3, -0.25) is 0 Å². The Morgan fingerprint density at radius 2 is 1.62 bits per heavy atom. The molecule has 74 valence electrons. The molecule has 0 fully saturated rings. The number of carboxylic acid groups (broad SMARTS) is 2. The van der Waals surface area contributed by atoms with Gasteiger partial charge in [-0.1, -0.05) is 0 Å². The van der Waals surface area contributed by atoms with E-state index in [2.05, 4.69) is 0 Å². The monoisotopic (exact) mass is 221 g/mol. The molecular formula is C5H11CaNO6. The van der Waals surface area contributed by atoms with Crippen molar-refractivity contribution in [2.45, 2.75) is 18.9 Å². The molecule has 0 saturated heterocycles. The summed E-state index contributed by atoms with van der Waals surface area (Å²) in [4.78, 5) is 19.6. The van der Waals surface area contributed by atoms with Crippen molar-refractivity contribution in [3.8, 4) is 0 Å². The Morgan fingerprint density at radius 1 is 1.23 bits per heavy atom. The smallest absolute Gasteiger partial charge is 0.550 e. The summed E-state index contributed by atoms with van der Waals surface area (Å²) in [5, 5.41) is 19.6. The van der Waals surface area contributed by atoms with Gasteiger partial charge in [0, 0.05) is 12.0 Å². The van der Waals surface area contributed by atoms with Crippen LogP contribution in [-0.2, 0) is 9.59 Å². The minimum Gasteiger partial charge on any atom is -0.550 e. The molecule has 6 N–H and O–H groups in total. The Balaban J connectivity index is -0.000000135. The van der Waals surface area contributed by atoms with Gasteiger partial charge in [-0.15, -0.1) is 0 Å². The number of aliphatic carboxylic acids is 2. The van der Waals surface area contributed by atoms with Crippen LogP contribution in [-0.4, -0.2) is 66.7 Å². The second-order valence-electron chi connectivity index (χ2n) is 1.84. The van der Waals surface area contributed by atoms with Gasteiger partial charge in [0.05, 0.1) is 5.97 Å². The Labute approximate surface area is 105 Å². The Morgan fingerprint density at radius 3 is 1.85 bits per heavy atom. The maximum Gasteiger partial charge on any atom is 2.00 e. The predicted molar refractivity (Wildman–Crippen MR) is 40.2 cm³/mol. The number of carbonyl (C=O) groups excluding carboxylic acids is 2. The predicted octanol–water partition coefficient (Wildman–Crippen LogP) is -5.44. The normalized spacial score (nSPS) is 9.62. The molecule has 0 saturated carbocycles.